The number of aryl methyl sites for hydroxylation is 2. The van der Waals surface area contributed by atoms with E-state index < -0.39 is 11.6 Å². The van der Waals surface area contributed by atoms with Gasteiger partial charge in [0.2, 0.25) is 11.8 Å². The van der Waals surface area contributed by atoms with Crippen LogP contribution in [0.1, 0.15) is 50.1 Å². The van der Waals surface area contributed by atoms with Crippen LogP contribution >= 0.6 is 12.4 Å². The van der Waals surface area contributed by atoms with Crippen molar-refractivity contribution in [2.75, 3.05) is 17.2 Å². The van der Waals surface area contributed by atoms with Crippen molar-refractivity contribution in [3.63, 3.8) is 0 Å². The molecule has 2 N–H and O–H groups in total. The highest BCUT2D eigenvalue weighted by Gasteiger charge is 2.25. The third kappa shape index (κ3) is 5.67. The lowest BCUT2D eigenvalue weighted by Gasteiger charge is -2.18. The first-order valence-corrected chi connectivity index (χ1v) is 12.7. The predicted molar refractivity (Wildman–Crippen MR) is 147 cm³/mol. The molecular weight excluding hydrogens is 512 g/mol. The molecule has 1 aliphatic carbocycles. The van der Waals surface area contributed by atoms with E-state index in [0.29, 0.717) is 41.3 Å². The summed E-state index contributed by atoms with van der Waals surface area (Å²) in [6.07, 6.45) is 3.21. The van der Waals surface area contributed by atoms with Crippen LogP contribution in [0.2, 0.25) is 0 Å². The number of furan rings is 1. The molecule has 2 atom stereocenters. The van der Waals surface area contributed by atoms with Gasteiger partial charge in [-0.15, -0.1) is 12.4 Å². The molecule has 1 aliphatic rings. The molecule has 1 saturated carbocycles. The monoisotopic (exact) mass is 543 g/mol. The Morgan fingerprint density at radius 3 is 2.50 bits per heavy atom. The van der Waals surface area contributed by atoms with Crippen LogP contribution in [0.15, 0.2) is 34.7 Å². The Labute approximate surface area is 226 Å². The Kier molecular flexibility index (Phi) is 8.35. The summed E-state index contributed by atoms with van der Waals surface area (Å²) in [5.41, 5.74) is 2.77. The van der Waals surface area contributed by atoms with Gasteiger partial charge in [0.25, 0.3) is 0 Å². The molecule has 10 heteroatoms. The molecule has 202 valence electrons. The van der Waals surface area contributed by atoms with Crippen LogP contribution in [-0.4, -0.2) is 27.6 Å². The number of fused-ring (bicyclic) bond motifs is 1. The highest BCUT2D eigenvalue weighted by Crippen LogP contribution is 2.38. The van der Waals surface area contributed by atoms with Crippen LogP contribution in [0, 0.1) is 31.4 Å². The summed E-state index contributed by atoms with van der Waals surface area (Å²) >= 11 is 0. The van der Waals surface area contributed by atoms with E-state index in [-0.39, 0.29) is 36.5 Å². The van der Waals surface area contributed by atoms with Crippen LogP contribution in [0.3, 0.4) is 0 Å². The van der Waals surface area contributed by atoms with Crippen molar-refractivity contribution in [2.24, 2.45) is 5.92 Å². The molecular formula is C28H32ClF2N5O2. The van der Waals surface area contributed by atoms with E-state index in [2.05, 4.69) is 27.5 Å². The van der Waals surface area contributed by atoms with Gasteiger partial charge in [-0.05, 0) is 64.2 Å². The minimum atomic E-state index is -0.614. The van der Waals surface area contributed by atoms with Crippen molar-refractivity contribution in [1.29, 1.82) is 0 Å². The van der Waals surface area contributed by atoms with Crippen LogP contribution < -0.4 is 15.4 Å². The number of nitrogens with zero attached hydrogens (tertiary/aromatic N) is 3. The molecule has 1 fully saturated rings. The fourth-order valence-corrected chi connectivity index (χ4v) is 4.97. The molecule has 4 aromatic rings. The first-order valence-electron chi connectivity index (χ1n) is 12.7. The van der Waals surface area contributed by atoms with Gasteiger partial charge in [0, 0.05) is 29.6 Å². The zero-order valence-corrected chi connectivity index (χ0v) is 22.7. The lowest BCUT2D eigenvalue weighted by molar-refractivity contribution is 0.326. The Balaban J connectivity index is 0.00000336. The molecule has 3 aromatic heterocycles. The summed E-state index contributed by atoms with van der Waals surface area (Å²) < 4.78 is 40.2. The highest BCUT2D eigenvalue weighted by molar-refractivity contribution is 5.88. The second-order valence-corrected chi connectivity index (χ2v) is 9.68. The van der Waals surface area contributed by atoms with Crippen molar-refractivity contribution < 1.29 is 17.9 Å². The summed E-state index contributed by atoms with van der Waals surface area (Å²) in [5, 5.41) is 7.46. The van der Waals surface area contributed by atoms with E-state index in [0.717, 1.165) is 35.9 Å². The number of rotatable bonds is 8. The molecule has 38 heavy (non-hydrogen) atoms. The number of nitrogens with one attached hydrogen (secondary N) is 2. The van der Waals surface area contributed by atoms with Crippen LogP contribution in [-0.2, 0) is 6.54 Å². The minimum Gasteiger partial charge on any atom is -0.478 e. The molecule has 1 aromatic carbocycles. The highest BCUT2D eigenvalue weighted by atomic mass is 35.5. The van der Waals surface area contributed by atoms with Gasteiger partial charge in [-0.25, -0.2) is 18.7 Å². The first kappa shape index (κ1) is 27.6. The smallest absolute Gasteiger partial charge is 0.225 e. The predicted octanol–water partition coefficient (Wildman–Crippen LogP) is 7.21. The normalized spacial score (nSPS) is 16.9. The van der Waals surface area contributed by atoms with Gasteiger partial charge < -0.3 is 19.8 Å². The molecule has 0 bridgehead atoms. The van der Waals surface area contributed by atoms with E-state index in [1.807, 2.05) is 32.9 Å². The Hall–Kier alpha value is -3.46. The fraction of sp³-hybridized carbons (Fsp3) is 0.393. The van der Waals surface area contributed by atoms with Gasteiger partial charge in [-0.2, -0.15) is 4.98 Å². The quantitative estimate of drug-likeness (QED) is 0.243. The average Bonchev–Trinajstić information content (AvgIpc) is 3.45. The van der Waals surface area contributed by atoms with Gasteiger partial charge in [0.1, 0.15) is 23.2 Å². The molecule has 0 radical (unpaired) electrons. The molecule has 2 unspecified atom stereocenters. The minimum absolute atomic E-state index is 0. The number of hydrogen-bond donors (Lipinski definition) is 2. The molecule has 7 nitrogen and oxygen atoms in total. The van der Waals surface area contributed by atoms with E-state index in [1.165, 1.54) is 18.2 Å². The Bertz CT molecular complexity index is 1420. The molecule has 0 spiro atoms. The zero-order chi connectivity index (χ0) is 26.1. The maximum Gasteiger partial charge on any atom is 0.225 e. The number of ether oxygens (including phenoxy) is 1. The van der Waals surface area contributed by atoms with Crippen molar-refractivity contribution in [3.05, 3.63) is 58.9 Å². The van der Waals surface area contributed by atoms with Gasteiger partial charge in [0.15, 0.2) is 5.58 Å². The average molecular weight is 544 g/mol. The van der Waals surface area contributed by atoms with Crippen molar-refractivity contribution >= 4 is 35.1 Å². The summed E-state index contributed by atoms with van der Waals surface area (Å²) in [4.78, 5) is 13.8. The second kappa shape index (κ2) is 11.5. The van der Waals surface area contributed by atoms with E-state index >= 15 is 0 Å². The van der Waals surface area contributed by atoms with Crippen molar-refractivity contribution in [3.8, 4) is 17.2 Å². The second-order valence-electron chi connectivity index (χ2n) is 9.68. The van der Waals surface area contributed by atoms with Crippen molar-refractivity contribution in [1.82, 2.24) is 15.0 Å². The SMILES string of the molecule is CCOc1cc2cc(-c3c(C)nc(NCc4c(F)cccc4F)nc3NC3CCC(C)C3)oc2c(C)n1.Cl. The first-order chi connectivity index (χ1) is 17.8. The van der Waals surface area contributed by atoms with Crippen molar-refractivity contribution in [2.45, 2.75) is 59.5 Å². The third-order valence-electron chi connectivity index (χ3n) is 6.80. The van der Waals surface area contributed by atoms with Gasteiger partial charge in [-0.1, -0.05) is 13.0 Å². The Morgan fingerprint density at radius 1 is 1.05 bits per heavy atom. The van der Waals surface area contributed by atoms with Crippen LogP contribution in [0.5, 0.6) is 5.88 Å². The molecule has 0 amide bonds. The molecule has 3 heterocycles. The number of hydrogen-bond acceptors (Lipinski definition) is 7. The Morgan fingerprint density at radius 2 is 1.82 bits per heavy atom. The van der Waals surface area contributed by atoms with Gasteiger partial charge in [-0.3, -0.25) is 0 Å². The summed E-state index contributed by atoms with van der Waals surface area (Å²) in [7, 11) is 0. The topological polar surface area (TPSA) is 85.1 Å². The number of halogens is 3. The molecule has 0 saturated heterocycles. The summed E-state index contributed by atoms with van der Waals surface area (Å²) in [5.74, 6) is 1.47. The van der Waals surface area contributed by atoms with Gasteiger partial charge in [0.05, 0.1) is 23.6 Å². The number of aromatic nitrogens is 3. The maximum atomic E-state index is 14.2. The molecule has 5 rings (SSSR count). The summed E-state index contributed by atoms with van der Waals surface area (Å²) in [6.45, 7) is 8.37. The van der Waals surface area contributed by atoms with E-state index in [1.54, 1.807) is 0 Å². The summed E-state index contributed by atoms with van der Waals surface area (Å²) in [6, 6.07) is 7.88. The number of anilines is 2. The van der Waals surface area contributed by atoms with Crippen LogP contribution in [0.4, 0.5) is 20.5 Å². The standard InChI is InChI=1S/C28H31F2N5O2.ClH/c1-5-36-24-13-18-12-23(37-26(18)17(4)32-24)25-16(3)33-28(31-14-20-21(29)7-6-8-22(20)30)35-27(25)34-19-10-9-15(2)11-19;/h6-8,12-13,15,19H,5,9-11,14H2,1-4H3,(H2,31,33,34,35);1H. The van der Waals surface area contributed by atoms with E-state index in [9.17, 15) is 8.78 Å². The lowest BCUT2D eigenvalue weighted by Crippen LogP contribution is -2.18. The van der Waals surface area contributed by atoms with Gasteiger partial charge >= 0.3 is 0 Å². The lowest BCUT2D eigenvalue weighted by atomic mass is 10.1. The number of pyridine rings is 1. The number of benzene rings is 1. The fourth-order valence-electron chi connectivity index (χ4n) is 4.97. The third-order valence-corrected chi connectivity index (χ3v) is 6.80. The molecule has 0 aliphatic heterocycles. The largest absolute Gasteiger partial charge is 0.478 e. The maximum absolute atomic E-state index is 14.2. The zero-order valence-electron chi connectivity index (χ0n) is 21.9. The van der Waals surface area contributed by atoms with Crippen LogP contribution in [0.25, 0.3) is 22.3 Å². The van der Waals surface area contributed by atoms with E-state index in [4.69, 9.17) is 14.1 Å².